The van der Waals surface area contributed by atoms with Crippen LogP contribution in [-0.2, 0) is 16.3 Å². The highest BCUT2D eigenvalue weighted by atomic mass is 32.2. The molecule has 1 heterocycles. The van der Waals surface area contributed by atoms with Crippen molar-refractivity contribution in [1.82, 2.24) is 15.5 Å². The Morgan fingerprint density at radius 2 is 2.12 bits per heavy atom. The van der Waals surface area contributed by atoms with E-state index >= 15 is 0 Å². The predicted octanol–water partition coefficient (Wildman–Crippen LogP) is 4.75. The molecule has 1 aliphatic carbocycles. The lowest BCUT2D eigenvalue weighted by Crippen LogP contribution is -2.29. The number of aromatic nitrogens is 2. The second-order valence-electron chi connectivity index (χ2n) is 8.79. The monoisotopic (exact) mass is 480 g/mol. The molecule has 0 unspecified atom stereocenters. The molecular weight excluding hydrogens is 452 g/mol. The van der Waals surface area contributed by atoms with Crippen LogP contribution in [0.2, 0.25) is 0 Å². The van der Waals surface area contributed by atoms with Crippen LogP contribution in [0, 0.1) is 6.57 Å². The summed E-state index contributed by atoms with van der Waals surface area (Å²) in [6, 6.07) is 11.4. The molecule has 9 heteroatoms. The minimum atomic E-state index is -3.01. The molecule has 4 rings (SSSR count). The van der Waals surface area contributed by atoms with Gasteiger partial charge in [0.15, 0.2) is 0 Å². The minimum Gasteiger partial charge on any atom is -0.502 e. The summed E-state index contributed by atoms with van der Waals surface area (Å²) in [6.45, 7) is 11.7. The normalized spacial score (nSPS) is 15.7. The van der Waals surface area contributed by atoms with Gasteiger partial charge in [-0.05, 0) is 62.4 Å². The summed E-state index contributed by atoms with van der Waals surface area (Å²) in [5, 5.41) is 7.61. The largest absolute Gasteiger partial charge is 0.502 e. The van der Waals surface area contributed by atoms with Gasteiger partial charge in [0.25, 0.3) is 5.89 Å². The maximum Gasteiger partial charge on any atom is 0.256 e. The second-order valence-corrected chi connectivity index (χ2v) is 11.0. The molecule has 0 bridgehead atoms. The SMILES string of the molecule is [C-]#[N+]c1cc(-c2nc(-c3cccc4c3CCC[C@H]4NCCS(C)(=O)=O)no2)ccc1OC(C)C. The van der Waals surface area contributed by atoms with E-state index in [0.29, 0.717) is 35.3 Å². The van der Waals surface area contributed by atoms with Gasteiger partial charge in [-0.3, -0.25) is 0 Å². The van der Waals surface area contributed by atoms with E-state index in [0.717, 1.165) is 36.0 Å². The fraction of sp³-hybridized carbons (Fsp3) is 0.400. The molecule has 2 aromatic carbocycles. The van der Waals surface area contributed by atoms with Gasteiger partial charge in [-0.2, -0.15) is 4.98 Å². The summed E-state index contributed by atoms with van der Waals surface area (Å²) in [7, 11) is -3.01. The molecular formula is C25H28N4O4S. The Balaban J connectivity index is 1.60. The number of fused-ring (bicyclic) bond motifs is 1. The molecule has 0 spiro atoms. The minimum absolute atomic E-state index is 0.0321. The van der Waals surface area contributed by atoms with E-state index in [4.69, 9.17) is 15.8 Å². The van der Waals surface area contributed by atoms with Gasteiger partial charge in [0.2, 0.25) is 11.5 Å². The quantitative estimate of drug-likeness (QED) is 0.464. The van der Waals surface area contributed by atoms with Crippen LogP contribution in [0.4, 0.5) is 5.69 Å². The summed E-state index contributed by atoms with van der Waals surface area (Å²) >= 11 is 0. The van der Waals surface area contributed by atoms with E-state index in [1.54, 1.807) is 12.1 Å². The van der Waals surface area contributed by atoms with Crippen LogP contribution < -0.4 is 10.1 Å². The van der Waals surface area contributed by atoms with E-state index in [1.807, 2.05) is 32.0 Å². The third-order valence-corrected chi connectivity index (χ3v) is 6.67. The molecule has 1 atom stereocenters. The highest BCUT2D eigenvalue weighted by Gasteiger charge is 2.24. The van der Waals surface area contributed by atoms with Gasteiger partial charge < -0.3 is 14.6 Å². The topological polar surface area (TPSA) is 98.7 Å². The molecule has 0 saturated heterocycles. The summed E-state index contributed by atoms with van der Waals surface area (Å²) in [6.07, 6.45) is 4.04. The average Bonchev–Trinajstić information content (AvgIpc) is 3.28. The lowest BCUT2D eigenvalue weighted by atomic mass is 9.84. The summed E-state index contributed by atoms with van der Waals surface area (Å²) < 4.78 is 34.2. The molecule has 0 radical (unpaired) electrons. The molecule has 8 nitrogen and oxygen atoms in total. The Kier molecular flexibility index (Phi) is 7.00. The number of hydrogen-bond acceptors (Lipinski definition) is 7. The molecule has 178 valence electrons. The molecule has 34 heavy (non-hydrogen) atoms. The number of sulfone groups is 1. The number of nitrogens with zero attached hydrogens (tertiary/aromatic N) is 3. The predicted molar refractivity (Wildman–Crippen MR) is 131 cm³/mol. The molecule has 1 aromatic heterocycles. The number of hydrogen-bond donors (Lipinski definition) is 1. The zero-order valence-corrected chi connectivity index (χ0v) is 20.4. The first kappa shape index (κ1) is 23.9. The molecule has 0 fully saturated rings. The van der Waals surface area contributed by atoms with E-state index in [1.165, 1.54) is 6.26 Å². The van der Waals surface area contributed by atoms with Crippen LogP contribution in [0.1, 0.15) is 43.9 Å². The Morgan fingerprint density at radius 1 is 1.29 bits per heavy atom. The average molecular weight is 481 g/mol. The van der Waals surface area contributed by atoms with E-state index < -0.39 is 9.84 Å². The van der Waals surface area contributed by atoms with Gasteiger partial charge in [-0.15, -0.1) is 0 Å². The molecule has 0 aliphatic heterocycles. The van der Waals surface area contributed by atoms with Crippen LogP contribution in [-0.4, -0.2) is 43.2 Å². The van der Waals surface area contributed by atoms with Crippen LogP contribution >= 0.6 is 0 Å². The van der Waals surface area contributed by atoms with Crippen LogP contribution in [0.25, 0.3) is 27.7 Å². The van der Waals surface area contributed by atoms with Crippen LogP contribution in [0.15, 0.2) is 40.9 Å². The second kappa shape index (κ2) is 9.95. The zero-order chi connectivity index (χ0) is 24.3. The first-order chi connectivity index (χ1) is 16.2. The van der Waals surface area contributed by atoms with Crippen molar-refractivity contribution in [1.29, 1.82) is 0 Å². The molecule has 0 saturated carbocycles. The number of benzene rings is 2. The molecule has 1 N–H and O–H groups in total. The summed E-state index contributed by atoms with van der Waals surface area (Å²) in [5.41, 5.74) is 4.26. The highest BCUT2D eigenvalue weighted by Crippen LogP contribution is 2.37. The molecule has 1 aliphatic rings. The van der Waals surface area contributed by atoms with Crippen molar-refractivity contribution < 1.29 is 17.7 Å². The van der Waals surface area contributed by atoms with Gasteiger partial charge >= 0.3 is 0 Å². The smallest absolute Gasteiger partial charge is 0.256 e. The van der Waals surface area contributed by atoms with Gasteiger partial charge in [0.1, 0.15) is 15.6 Å². The van der Waals surface area contributed by atoms with Crippen molar-refractivity contribution in [3.63, 3.8) is 0 Å². The third kappa shape index (κ3) is 5.46. The van der Waals surface area contributed by atoms with Gasteiger partial charge in [0, 0.05) is 30.0 Å². The molecule has 0 amide bonds. The van der Waals surface area contributed by atoms with Crippen molar-refractivity contribution in [3.05, 3.63) is 58.9 Å². The Labute approximate surface area is 200 Å². The summed E-state index contributed by atoms with van der Waals surface area (Å²) in [4.78, 5) is 8.19. The van der Waals surface area contributed by atoms with Gasteiger partial charge in [-0.1, -0.05) is 23.4 Å². The fourth-order valence-electron chi connectivity index (χ4n) is 4.23. The van der Waals surface area contributed by atoms with E-state index in [9.17, 15) is 8.42 Å². The Hall–Kier alpha value is -3.22. The zero-order valence-electron chi connectivity index (χ0n) is 19.5. The van der Waals surface area contributed by atoms with Crippen molar-refractivity contribution in [2.45, 2.75) is 45.3 Å². The lowest BCUT2D eigenvalue weighted by molar-refractivity contribution is 0.244. The standard InChI is InChI=1S/C25H28N4O4S/c1-16(2)32-23-12-11-17(15-22(23)26-3)25-28-24(29-33-25)20-9-5-8-19-18(20)7-6-10-21(19)27-13-14-34(4,30)31/h5,8-9,11-12,15-16,21,27H,6-7,10,13-14H2,1-2,4H3/t21-/m1/s1. The number of rotatable bonds is 8. The maximum atomic E-state index is 11.5. The highest BCUT2D eigenvalue weighted by molar-refractivity contribution is 7.90. The lowest BCUT2D eigenvalue weighted by Gasteiger charge is -2.27. The Bertz CT molecular complexity index is 1320. The van der Waals surface area contributed by atoms with Crippen LogP contribution in [0.3, 0.4) is 0 Å². The van der Waals surface area contributed by atoms with E-state index in [-0.39, 0.29) is 17.9 Å². The van der Waals surface area contributed by atoms with Crippen molar-refractivity contribution in [2.24, 2.45) is 0 Å². The van der Waals surface area contributed by atoms with Crippen molar-refractivity contribution in [2.75, 3.05) is 18.6 Å². The summed E-state index contributed by atoms with van der Waals surface area (Å²) in [5.74, 6) is 1.48. The fourth-order valence-corrected chi connectivity index (χ4v) is 4.72. The first-order valence-electron chi connectivity index (χ1n) is 11.3. The van der Waals surface area contributed by atoms with Gasteiger partial charge in [-0.25, -0.2) is 13.3 Å². The number of nitrogens with one attached hydrogen (secondary N) is 1. The maximum absolute atomic E-state index is 11.5. The third-order valence-electron chi connectivity index (χ3n) is 5.73. The Morgan fingerprint density at radius 3 is 2.85 bits per heavy atom. The van der Waals surface area contributed by atoms with Crippen molar-refractivity contribution >= 4 is 15.5 Å². The van der Waals surface area contributed by atoms with Crippen molar-refractivity contribution in [3.8, 4) is 28.6 Å². The van der Waals surface area contributed by atoms with Crippen LogP contribution in [0.5, 0.6) is 5.75 Å². The van der Waals surface area contributed by atoms with E-state index in [2.05, 4.69) is 26.4 Å². The first-order valence-corrected chi connectivity index (χ1v) is 13.4. The molecule has 3 aromatic rings. The van der Waals surface area contributed by atoms with Gasteiger partial charge in [0.05, 0.1) is 18.4 Å². The number of ether oxygens (including phenoxy) is 1.